The molecule has 2 aromatic carbocycles. The Kier molecular flexibility index (Phi) is 4.39. The maximum Gasteiger partial charge on any atom is 0.264 e. The molecule has 0 saturated carbocycles. The number of benzene rings is 2. The smallest absolute Gasteiger partial charge is 0.264 e. The lowest BCUT2D eigenvalue weighted by Gasteiger charge is -2.28. The van der Waals surface area contributed by atoms with Crippen molar-refractivity contribution in [3.8, 4) is 5.75 Å². The zero-order valence-electron chi connectivity index (χ0n) is 15.0. The number of carbonyl (C=O) groups is 2. The molecule has 0 bridgehead atoms. The molecule has 142 valence electrons. The topological polar surface area (TPSA) is 80.8 Å². The summed E-state index contributed by atoms with van der Waals surface area (Å²) in [5.41, 5.74) is 1.11. The highest BCUT2D eigenvalue weighted by molar-refractivity contribution is 7.89. The molecular weight excluding hydrogens is 378 g/mol. The Morgan fingerprint density at radius 2 is 1.75 bits per heavy atom. The van der Waals surface area contributed by atoms with Gasteiger partial charge in [-0.3, -0.25) is 13.9 Å². The van der Waals surface area contributed by atoms with Gasteiger partial charge in [-0.15, -0.1) is 0 Å². The molecule has 2 atom stereocenters. The number of Topliss-reactive ketones (excluding diaryl/α,β-unsaturated/α-hetero) is 1. The van der Waals surface area contributed by atoms with Crippen LogP contribution in [0, 0.1) is 5.92 Å². The van der Waals surface area contributed by atoms with Crippen molar-refractivity contribution in [1.82, 2.24) is 4.31 Å². The lowest BCUT2D eigenvalue weighted by molar-refractivity contribution is -0.136. The van der Waals surface area contributed by atoms with E-state index in [9.17, 15) is 18.0 Å². The normalized spacial score (nSPS) is 21.5. The van der Waals surface area contributed by atoms with Gasteiger partial charge in [0, 0.05) is 6.20 Å². The molecule has 0 saturated heterocycles. The largest absolute Gasteiger partial charge is 0.497 e. The molecule has 0 spiro atoms. The number of ether oxygens (including phenoxy) is 1. The predicted molar refractivity (Wildman–Crippen MR) is 103 cm³/mol. The molecule has 2 aliphatic rings. The summed E-state index contributed by atoms with van der Waals surface area (Å²) in [6.07, 6.45) is 4.09. The van der Waals surface area contributed by atoms with E-state index in [0.29, 0.717) is 16.9 Å². The molecule has 2 aromatic rings. The molecule has 1 aliphatic carbocycles. The SMILES string of the molecule is COc1cccc(C2=CN(S(=O)(=O)c3ccccc3)C3C=CC(=O)C(=O)C23)c1. The summed E-state index contributed by atoms with van der Waals surface area (Å²) in [6.45, 7) is 0. The van der Waals surface area contributed by atoms with Crippen molar-refractivity contribution in [3.63, 3.8) is 0 Å². The third-order valence-corrected chi connectivity index (χ3v) is 6.70. The summed E-state index contributed by atoms with van der Waals surface area (Å²) in [5, 5.41) is 0. The number of methoxy groups -OCH3 is 1. The minimum Gasteiger partial charge on any atom is -0.497 e. The van der Waals surface area contributed by atoms with Crippen LogP contribution in [-0.2, 0) is 19.6 Å². The second-order valence-electron chi connectivity index (χ2n) is 6.52. The van der Waals surface area contributed by atoms with Crippen LogP contribution in [0.1, 0.15) is 5.56 Å². The molecule has 1 aliphatic heterocycles. The van der Waals surface area contributed by atoms with Crippen LogP contribution in [0.3, 0.4) is 0 Å². The Hall–Kier alpha value is -3.19. The highest BCUT2D eigenvalue weighted by Gasteiger charge is 2.47. The number of sulfonamides is 1. The molecule has 0 amide bonds. The maximum atomic E-state index is 13.2. The molecular formula is C21H17NO5S. The van der Waals surface area contributed by atoms with Gasteiger partial charge < -0.3 is 4.74 Å². The van der Waals surface area contributed by atoms with E-state index in [0.717, 1.165) is 6.08 Å². The number of hydrogen-bond acceptors (Lipinski definition) is 5. The first-order valence-corrected chi connectivity index (χ1v) is 10.1. The Bertz CT molecular complexity index is 1120. The molecule has 0 aromatic heterocycles. The third kappa shape index (κ3) is 2.84. The first kappa shape index (κ1) is 18.2. The number of ketones is 2. The van der Waals surface area contributed by atoms with Crippen LogP contribution in [0.2, 0.25) is 0 Å². The standard InChI is InChI=1S/C21H17NO5S/c1-27-15-7-5-6-14(12-15)17-13-22(18-10-11-19(23)21(24)20(17)18)28(25,26)16-8-3-2-4-9-16/h2-13,18,20H,1H3. The lowest BCUT2D eigenvalue weighted by Crippen LogP contribution is -2.42. The second-order valence-corrected chi connectivity index (χ2v) is 8.36. The molecule has 28 heavy (non-hydrogen) atoms. The Labute approximate surface area is 162 Å². The predicted octanol–water partition coefficient (Wildman–Crippen LogP) is 2.43. The maximum absolute atomic E-state index is 13.2. The van der Waals surface area contributed by atoms with Crippen molar-refractivity contribution in [2.24, 2.45) is 5.92 Å². The molecule has 1 heterocycles. The first-order chi connectivity index (χ1) is 13.4. The van der Waals surface area contributed by atoms with Gasteiger partial charge >= 0.3 is 0 Å². The monoisotopic (exact) mass is 395 g/mol. The molecule has 0 radical (unpaired) electrons. The third-order valence-electron chi connectivity index (χ3n) is 4.93. The number of rotatable bonds is 4. The van der Waals surface area contributed by atoms with E-state index in [1.54, 1.807) is 42.5 Å². The fourth-order valence-electron chi connectivity index (χ4n) is 3.55. The zero-order valence-corrected chi connectivity index (χ0v) is 15.8. The molecule has 7 heteroatoms. The fourth-order valence-corrected chi connectivity index (χ4v) is 5.06. The molecule has 4 rings (SSSR count). The van der Waals surface area contributed by atoms with Crippen molar-refractivity contribution in [2.45, 2.75) is 10.9 Å². The van der Waals surface area contributed by atoms with E-state index in [2.05, 4.69) is 0 Å². The number of carbonyl (C=O) groups excluding carboxylic acids is 2. The summed E-state index contributed by atoms with van der Waals surface area (Å²) >= 11 is 0. The minimum absolute atomic E-state index is 0.120. The quantitative estimate of drug-likeness (QED) is 0.743. The van der Waals surface area contributed by atoms with Gasteiger partial charge in [-0.1, -0.05) is 36.4 Å². The fraction of sp³-hybridized carbons (Fsp3) is 0.143. The van der Waals surface area contributed by atoms with Crippen LogP contribution in [0.25, 0.3) is 5.57 Å². The average molecular weight is 395 g/mol. The lowest BCUT2D eigenvalue weighted by atomic mass is 9.82. The minimum atomic E-state index is -3.90. The summed E-state index contributed by atoms with van der Waals surface area (Å²) in [5.74, 6) is -1.56. The van der Waals surface area contributed by atoms with Crippen LogP contribution in [0.15, 0.2) is 77.8 Å². The van der Waals surface area contributed by atoms with Crippen molar-refractivity contribution >= 4 is 27.2 Å². The van der Waals surface area contributed by atoms with Crippen LogP contribution >= 0.6 is 0 Å². The summed E-state index contributed by atoms with van der Waals surface area (Å²) < 4.78 is 32.8. The Balaban J connectivity index is 1.87. The van der Waals surface area contributed by atoms with Gasteiger partial charge in [0.05, 0.1) is 24.0 Å². The van der Waals surface area contributed by atoms with Crippen molar-refractivity contribution in [3.05, 3.63) is 78.5 Å². The van der Waals surface area contributed by atoms with E-state index < -0.39 is 33.5 Å². The Morgan fingerprint density at radius 1 is 1.00 bits per heavy atom. The van der Waals surface area contributed by atoms with Crippen LogP contribution in [-0.4, -0.2) is 37.4 Å². The van der Waals surface area contributed by atoms with Gasteiger partial charge in [-0.2, -0.15) is 0 Å². The van der Waals surface area contributed by atoms with Gasteiger partial charge in [0.1, 0.15) is 5.75 Å². The van der Waals surface area contributed by atoms with E-state index >= 15 is 0 Å². The molecule has 6 nitrogen and oxygen atoms in total. The highest BCUT2D eigenvalue weighted by atomic mass is 32.2. The zero-order chi connectivity index (χ0) is 19.9. The van der Waals surface area contributed by atoms with Crippen molar-refractivity contribution in [1.29, 1.82) is 0 Å². The number of fused-ring (bicyclic) bond motifs is 1. The molecule has 0 fully saturated rings. The summed E-state index contributed by atoms with van der Waals surface area (Å²) in [6, 6.07) is 14.2. The van der Waals surface area contributed by atoms with Crippen molar-refractivity contribution in [2.75, 3.05) is 7.11 Å². The molecule has 0 N–H and O–H groups in total. The Morgan fingerprint density at radius 3 is 2.46 bits per heavy atom. The molecule has 2 unspecified atom stereocenters. The van der Waals surface area contributed by atoms with E-state index in [1.807, 2.05) is 0 Å². The number of allylic oxidation sites excluding steroid dienone is 1. The van der Waals surface area contributed by atoms with Crippen LogP contribution in [0.5, 0.6) is 5.75 Å². The van der Waals surface area contributed by atoms with E-state index in [4.69, 9.17) is 4.74 Å². The van der Waals surface area contributed by atoms with E-state index in [1.165, 1.54) is 35.8 Å². The van der Waals surface area contributed by atoms with Gasteiger partial charge in [0.25, 0.3) is 10.0 Å². The number of hydrogen-bond donors (Lipinski definition) is 0. The van der Waals surface area contributed by atoms with Crippen LogP contribution in [0.4, 0.5) is 0 Å². The van der Waals surface area contributed by atoms with E-state index in [-0.39, 0.29) is 4.90 Å². The second kappa shape index (κ2) is 6.76. The van der Waals surface area contributed by atoms with Gasteiger partial charge in [0.2, 0.25) is 11.6 Å². The van der Waals surface area contributed by atoms with Gasteiger partial charge in [0.15, 0.2) is 0 Å². The van der Waals surface area contributed by atoms with Crippen LogP contribution < -0.4 is 4.74 Å². The highest BCUT2D eigenvalue weighted by Crippen LogP contribution is 2.42. The summed E-state index contributed by atoms with van der Waals surface area (Å²) in [4.78, 5) is 24.8. The first-order valence-electron chi connectivity index (χ1n) is 8.64. The van der Waals surface area contributed by atoms with Gasteiger partial charge in [-0.05, 0) is 41.5 Å². The van der Waals surface area contributed by atoms with Gasteiger partial charge in [-0.25, -0.2) is 8.42 Å². The van der Waals surface area contributed by atoms with Crippen molar-refractivity contribution < 1.29 is 22.7 Å². The average Bonchev–Trinajstić information content (AvgIpc) is 3.12. The number of nitrogens with zero attached hydrogens (tertiary/aromatic N) is 1. The summed E-state index contributed by atoms with van der Waals surface area (Å²) in [7, 11) is -2.37.